The van der Waals surface area contributed by atoms with Crippen molar-refractivity contribution >= 4 is 17.9 Å². The highest BCUT2D eigenvalue weighted by atomic mass is 15.5. The molecule has 8 bridgehead atoms. The van der Waals surface area contributed by atoms with Gasteiger partial charge in [0.05, 0.1) is 18.1 Å². The minimum Gasteiger partial charge on any atom is -0.370 e. The maximum absolute atomic E-state index is 6.47. The Morgan fingerprint density at radius 3 is 1.12 bits per heavy atom. The van der Waals surface area contributed by atoms with E-state index < -0.39 is 0 Å². The fourth-order valence-corrected chi connectivity index (χ4v) is 14.6. The SMILES string of the molecule is C1CCC(N=C(NNC(=NC2CCCCC2)NC2CCCCC2)NC2CCCCC2)CC1.NC(=NC1C2CC3CC(C2)CC1C3)NC1C2CC3CC(C2)CC1C3. The molecule has 0 spiro atoms. The molecular formula is C47H81N9. The number of rotatable bonds is 6. The molecule has 0 radical (unpaired) electrons. The van der Waals surface area contributed by atoms with Gasteiger partial charge in [-0.15, -0.1) is 0 Å². The van der Waals surface area contributed by atoms with Crippen molar-refractivity contribution < 1.29 is 0 Å². The zero-order valence-corrected chi connectivity index (χ0v) is 35.2. The molecule has 56 heavy (non-hydrogen) atoms. The van der Waals surface area contributed by atoms with Crippen LogP contribution in [0.2, 0.25) is 0 Å². The van der Waals surface area contributed by atoms with E-state index >= 15 is 0 Å². The minimum absolute atomic E-state index is 0.453. The van der Waals surface area contributed by atoms with Gasteiger partial charge < -0.3 is 21.7 Å². The Kier molecular flexibility index (Phi) is 13.2. The van der Waals surface area contributed by atoms with Crippen molar-refractivity contribution in [1.29, 1.82) is 0 Å². The lowest BCUT2D eigenvalue weighted by atomic mass is 9.54. The Hall–Kier alpha value is -2.19. The molecule has 0 aromatic heterocycles. The number of nitrogens with zero attached hydrogens (tertiary/aromatic N) is 3. The van der Waals surface area contributed by atoms with Crippen LogP contribution < -0.4 is 32.5 Å². The lowest BCUT2D eigenvalue weighted by Gasteiger charge is -2.55. The summed E-state index contributed by atoms with van der Waals surface area (Å²) in [5, 5.41) is 11.3. The Labute approximate surface area is 340 Å². The first kappa shape index (κ1) is 39.3. The molecular weight excluding hydrogens is 691 g/mol. The molecule has 0 atom stereocenters. The van der Waals surface area contributed by atoms with Crippen LogP contribution in [0.5, 0.6) is 0 Å². The van der Waals surface area contributed by atoms with Crippen LogP contribution in [0.25, 0.3) is 0 Å². The van der Waals surface area contributed by atoms with Crippen LogP contribution >= 0.6 is 0 Å². The van der Waals surface area contributed by atoms with Crippen molar-refractivity contribution in [3.8, 4) is 0 Å². The second-order valence-corrected chi connectivity index (χ2v) is 21.3. The summed E-state index contributed by atoms with van der Waals surface area (Å²) in [6.07, 6.45) is 40.6. The molecule has 0 unspecified atom stereocenters. The number of hydrogen-bond donors (Lipinski definition) is 6. The average molecular weight is 772 g/mol. The summed E-state index contributed by atoms with van der Waals surface area (Å²) in [6.45, 7) is 0. The average Bonchev–Trinajstić information content (AvgIpc) is 3.21. The normalized spacial score (nSPS) is 39.5. The van der Waals surface area contributed by atoms with E-state index in [9.17, 15) is 0 Å². The molecule has 12 aliphatic rings. The third-order valence-corrected chi connectivity index (χ3v) is 17.0. The summed E-state index contributed by atoms with van der Waals surface area (Å²) >= 11 is 0. The molecule has 7 N–H and O–H groups in total. The molecule has 12 rings (SSSR count). The van der Waals surface area contributed by atoms with E-state index in [2.05, 4.69) is 26.8 Å². The van der Waals surface area contributed by atoms with E-state index in [1.165, 1.54) is 193 Å². The third kappa shape index (κ3) is 10.1. The molecule has 12 fully saturated rings. The molecule has 0 amide bonds. The van der Waals surface area contributed by atoms with E-state index in [4.69, 9.17) is 20.7 Å². The summed E-state index contributed by atoms with van der Waals surface area (Å²) < 4.78 is 0. The zero-order chi connectivity index (χ0) is 37.7. The van der Waals surface area contributed by atoms with Gasteiger partial charge in [0, 0.05) is 18.1 Å². The topological polar surface area (TPSA) is 123 Å². The maximum atomic E-state index is 6.47. The van der Waals surface area contributed by atoms with E-state index in [1.54, 1.807) is 0 Å². The van der Waals surface area contributed by atoms with Crippen molar-refractivity contribution in [2.24, 2.45) is 68.1 Å². The minimum atomic E-state index is 0.453. The molecule has 9 nitrogen and oxygen atoms in total. The lowest BCUT2D eigenvalue weighted by Crippen LogP contribution is -2.57. The monoisotopic (exact) mass is 772 g/mol. The summed E-state index contributed by atoms with van der Waals surface area (Å²) in [6, 6.07) is 3.18. The van der Waals surface area contributed by atoms with Gasteiger partial charge in [0.25, 0.3) is 0 Å². The first-order valence-electron chi connectivity index (χ1n) is 24.9. The molecule has 12 saturated carbocycles. The largest absolute Gasteiger partial charge is 0.370 e. The van der Waals surface area contributed by atoms with Gasteiger partial charge in [0.2, 0.25) is 11.9 Å². The Bertz CT molecular complexity index is 1230. The van der Waals surface area contributed by atoms with Crippen LogP contribution in [-0.4, -0.2) is 54.1 Å². The van der Waals surface area contributed by atoms with E-state index in [1.807, 2.05) is 0 Å². The van der Waals surface area contributed by atoms with Crippen molar-refractivity contribution in [2.45, 2.75) is 229 Å². The summed E-state index contributed by atoms with van der Waals surface area (Å²) in [5.41, 5.74) is 13.5. The Morgan fingerprint density at radius 2 is 0.732 bits per heavy atom. The number of aliphatic imine (C=N–C) groups is 3. The number of hydrazine groups is 1. The molecule has 0 aromatic rings. The zero-order valence-electron chi connectivity index (χ0n) is 35.2. The van der Waals surface area contributed by atoms with E-state index in [0.717, 1.165) is 65.2 Å². The molecule has 0 aromatic carbocycles. The van der Waals surface area contributed by atoms with Gasteiger partial charge >= 0.3 is 0 Å². The summed E-state index contributed by atoms with van der Waals surface area (Å²) in [7, 11) is 0. The van der Waals surface area contributed by atoms with Gasteiger partial charge in [0.1, 0.15) is 0 Å². The van der Waals surface area contributed by atoms with E-state index in [-0.39, 0.29) is 0 Å². The quantitative estimate of drug-likeness (QED) is 0.0912. The van der Waals surface area contributed by atoms with Crippen LogP contribution in [0.1, 0.15) is 193 Å². The van der Waals surface area contributed by atoms with Crippen LogP contribution in [0, 0.1) is 47.3 Å². The number of nitrogens with two attached hydrogens (primary N) is 1. The van der Waals surface area contributed by atoms with Crippen molar-refractivity contribution in [2.75, 3.05) is 0 Å². The van der Waals surface area contributed by atoms with Gasteiger partial charge in [-0.05, 0) is 163 Å². The fourth-order valence-electron chi connectivity index (χ4n) is 14.6. The number of guanidine groups is 3. The smallest absolute Gasteiger partial charge is 0.210 e. The maximum Gasteiger partial charge on any atom is 0.210 e. The van der Waals surface area contributed by atoms with Gasteiger partial charge in [-0.2, -0.15) is 0 Å². The second-order valence-electron chi connectivity index (χ2n) is 21.3. The first-order chi connectivity index (χ1) is 27.6. The van der Waals surface area contributed by atoms with Crippen LogP contribution in [0.15, 0.2) is 15.0 Å². The molecule has 12 aliphatic carbocycles. The molecule has 0 heterocycles. The lowest BCUT2D eigenvalue weighted by molar-refractivity contribution is -0.00823. The fraction of sp³-hybridized carbons (Fsp3) is 0.936. The Morgan fingerprint density at radius 1 is 0.375 bits per heavy atom. The first-order valence-corrected chi connectivity index (χ1v) is 24.9. The molecule has 0 aliphatic heterocycles. The van der Waals surface area contributed by atoms with Crippen LogP contribution in [0.4, 0.5) is 0 Å². The standard InChI is InChI=1S/C26H48N6.C21H33N3/c1-5-13-21(14-6-1)27-25(28-22-15-7-2-8-16-22)31-32-26(29-23-17-9-3-10-18-23)30-24-19-11-4-12-20-24;22-21(23-19-15-3-11-1-12(5-15)6-16(19)4-11)24-20-17-7-13-2-14(9-17)10-18(20)8-13/h21-24H,1-20H2,(H2,27,28,31)(H2,29,30,32);11-20H,1-10H2,(H3,22,23,24). The number of hydrogen-bond acceptors (Lipinski definition) is 3. The molecule has 0 saturated heterocycles. The Balaban J connectivity index is 0.000000151. The predicted molar refractivity (Wildman–Crippen MR) is 231 cm³/mol. The van der Waals surface area contributed by atoms with E-state index in [0.29, 0.717) is 36.3 Å². The second kappa shape index (κ2) is 18.8. The summed E-state index contributed by atoms with van der Waals surface area (Å²) in [4.78, 5) is 15.4. The highest BCUT2D eigenvalue weighted by Crippen LogP contribution is 2.55. The van der Waals surface area contributed by atoms with Gasteiger partial charge in [-0.25, -0.2) is 15.0 Å². The van der Waals surface area contributed by atoms with Crippen molar-refractivity contribution in [1.82, 2.24) is 26.8 Å². The predicted octanol–water partition coefficient (Wildman–Crippen LogP) is 8.84. The van der Waals surface area contributed by atoms with Gasteiger partial charge in [-0.3, -0.25) is 10.9 Å². The van der Waals surface area contributed by atoms with Crippen LogP contribution in [0.3, 0.4) is 0 Å². The highest BCUT2D eigenvalue weighted by Gasteiger charge is 2.50. The molecule has 314 valence electrons. The van der Waals surface area contributed by atoms with Crippen molar-refractivity contribution in [3.63, 3.8) is 0 Å². The molecule has 9 heteroatoms. The third-order valence-electron chi connectivity index (χ3n) is 17.0. The highest BCUT2D eigenvalue weighted by molar-refractivity contribution is 5.86. The van der Waals surface area contributed by atoms with Crippen LogP contribution in [-0.2, 0) is 0 Å². The van der Waals surface area contributed by atoms with Crippen molar-refractivity contribution in [3.05, 3.63) is 0 Å². The summed E-state index contributed by atoms with van der Waals surface area (Å²) in [5.74, 6) is 10.2. The van der Waals surface area contributed by atoms with Gasteiger partial charge in [0.15, 0.2) is 5.96 Å². The van der Waals surface area contributed by atoms with Gasteiger partial charge in [-0.1, -0.05) is 77.0 Å². The number of nitrogens with one attached hydrogen (secondary N) is 5.